The molecule has 1 N–H and O–H groups in total. The number of halogens is 1. The minimum absolute atomic E-state index is 0.411. The number of hydrogen-bond donors (Lipinski definition) is 1. The smallest absolute Gasteiger partial charge is 0.0604 e. The van der Waals surface area contributed by atoms with Crippen LogP contribution in [0.4, 0.5) is 5.69 Å². The van der Waals surface area contributed by atoms with E-state index in [-0.39, 0.29) is 0 Å². The zero-order valence-corrected chi connectivity index (χ0v) is 11.5. The van der Waals surface area contributed by atoms with Crippen LogP contribution in [0.15, 0.2) is 46.3 Å². The van der Waals surface area contributed by atoms with Crippen LogP contribution in [-0.2, 0) is 0 Å². The van der Waals surface area contributed by atoms with Crippen LogP contribution >= 0.6 is 27.3 Å². The van der Waals surface area contributed by atoms with Gasteiger partial charge in [0.05, 0.1) is 6.04 Å². The molecule has 0 aliphatic heterocycles. The summed E-state index contributed by atoms with van der Waals surface area (Å²) < 4.78 is 1.11. The molecule has 1 atom stereocenters. The van der Waals surface area contributed by atoms with Gasteiger partial charge in [0.25, 0.3) is 0 Å². The summed E-state index contributed by atoms with van der Waals surface area (Å²) >= 11 is 5.29. The van der Waals surface area contributed by atoms with Gasteiger partial charge in [-0.1, -0.05) is 35.0 Å². The van der Waals surface area contributed by atoms with E-state index in [1.165, 1.54) is 4.88 Å². The summed E-state index contributed by atoms with van der Waals surface area (Å²) in [6.07, 6.45) is 1.09. The molecule has 1 aromatic heterocycles. The van der Waals surface area contributed by atoms with Crippen molar-refractivity contribution in [2.75, 3.05) is 5.32 Å². The van der Waals surface area contributed by atoms with Crippen LogP contribution in [0.3, 0.4) is 0 Å². The third kappa shape index (κ3) is 2.86. The Morgan fingerprint density at radius 1 is 1.31 bits per heavy atom. The van der Waals surface area contributed by atoms with Crippen molar-refractivity contribution in [2.45, 2.75) is 19.4 Å². The fourth-order valence-electron chi connectivity index (χ4n) is 1.64. The molecule has 0 radical (unpaired) electrons. The van der Waals surface area contributed by atoms with E-state index in [0.717, 1.165) is 16.6 Å². The minimum Gasteiger partial charge on any atom is -0.377 e. The second kappa shape index (κ2) is 5.51. The van der Waals surface area contributed by atoms with Crippen molar-refractivity contribution in [2.24, 2.45) is 0 Å². The van der Waals surface area contributed by atoms with Gasteiger partial charge in [-0.05, 0) is 36.1 Å². The lowest BCUT2D eigenvalue weighted by atomic mass is 10.1. The predicted molar refractivity (Wildman–Crippen MR) is 75.1 cm³/mol. The summed E-state index contributed by atoms with van der Waals surface area (Å²) in [5.74, 6) is 0. The summed E-state index contributed by atoms with van der Waals surface area (Å²) in [5.41, 5.74) is 1.16. The Balaban J connectivity index is 2.13. The van der Waals surface area contributed by atoms with Gasteiger partial charge in [0, 0.05) is 15.0 Å². The van der Waals surface area contributed by atoms with E-state index in [1.54, 1.807) is 11.3 Å². The molecule has 0 saturated heterocycles. The van der Waals surface area contributed by atoms with Crippen LogP contribution in [0.1, 0.15) is 24.3 Å². The lowest BCUT2D eigenvalue weighted by molar-refractivity contribution is 0.764. The highest BCUT2D eigenvalue weighted by atomic mass is 79.9. The second-order valence-corrected chi connectivity index (χ2v) is 5.53. The summed E-state index contributed by atoms with van der Waals surface area (Å²) in [5, 5.41) is 5.68. The van der Waals surface area contributed by atoms with Crippen molar-refractivity contribution >= 4 is 33.0 Å². The van der Waals surface area contributed by atoms with Crippen LogP contribution in [-0.4, -0.2) is 0 Å². The first-order chi connectivity index (χ1) is 7.79. The van der Waals surface area contributed by atoms with Crippen molar-refractivity contribution < 1.29 is 0 Å². The number of nitrogens with one attached hydrogen (secondary N) is 1. The van der Waals surface area contributed by atoms with E-state index in [1.807, 2.05) is 12.1 Å². The van der Waals surface area contributed by atoms with Gasteiger partial charge in [-0.2, -0.15) is 0 Å². The molecule has 2 rings (SSSR count). The molecule has 16 heavy (non-hydrogen) atoms. The van der Waals surface area contributed by atoms with Crippen molar-refractivity contribution in [1.82, 2.24) is 0 Å². The lowest BCUT2D eigenvalue weighted by Gasteiger charge is -2.17. The molecule has 3 heteroatoms. The maximum atomic E-state index is 3.55. The van der Waals surface area contributed by atoms with E-state index in [4.69, 9.17) is 0 Å². The fourth-order valence-corrected chi connectivity index (χ4v) is 2.90. The third-order valence-corrected chi connectivity index (χ3v) is 3.94. The second-order valence-electron chi connectivity index (χ2n) is 3.63. The molecule has 0 aliphatic carbocycles. The summed E-state index contributed by atoms with van der Waals surface area (Å²) in [7, 11) is 0. The van der Waals surface area contributed by atoms with Crippen molar-refractivity contribution in [3.63, 3.8) is 0 Å². The fraction of sp³-hybridized carbons (Fsp3) is 0.231. The zero-order valence-electron chi connectivity index (χ0n) is 9.11. The van der Waals surface area contributed by atoms with E-state index >= 15 is 0 Å². The van der Waals surface area contributed by atoms with Gasteiger partial charge in [-0.15, -0.1) is 11.3 Å². The third-order valence-electron chi connectivity index (χ3n) is 2.46. The molecule has 0 aliphatic rings. The van der Waals surface area contributed by atoms with Gasteiger partial charge in [0.2, 0.25) is 0 Å². The van der Waals surface area contributed by atoms with Crippen LogP contribution < -0.4 is 5.32 Å². The van der Waals surface area contributed by atoms with Gasteiger partial charge in [0.15, 0.2) is 0 Å². The molecule has 1 nitrogen and oxygen atoms in total. The van der Waals surface area contributed by atoms with Gasteiger partial charge in [-0.25, -0.2) is 0 Å². The Bertz CT molecular complexity index is 439. The molecule has 84 valence electrons. The Hall–Kier alpha value is -0.800. The Morgan fingerprint density at radius 2 is 2.19 bits per heavy atom. The molecule has 2 aromatic rings. The zero-order chi connectivity index (χ0) is 11.4. The number of rotatable bonds is 4. The monoisotopic (exact) mass is 295 g/mol. The van der Waals surface area contributed by atoms with E-state index in [0.29, 0.717) is 6.04 Å². The average molecular weight is 296 g/mol. The van der Waals surface area contributed by atoms with Crippen LogP contribution in [0.2, 0.25) is 0 Å². The van der Waals surface area contributed by atoms with Crippen molar-refractivity contribution in [1.29, 1.82) is 0 Å². The summed E-state index contributed by atoms with van der Waals surface area (Å²) in [6.45, 7) is 2.20. The highest BCUT2D eigenvalue weighted by Gasteiger charge is 2.09. The minimum atomic E-state index is 0.411. The largest absolute Gasteiger partial charge is 0.377 e. The molecule has 1 aromatic carbocycles. The maximum absolute atomic E-state index is 3.55. The van der Waals surface area contributed by atoms with Gasteiger partial charge >= 0.3 is 0 Å². The molecular formula is C13H14BrNS. The topological polar surface area (TPSA) is 12.0 Å². The number of thiophene rings is 1. The number of hydrogen-bond acceptors (Lipinski definition) is 2. The lowest BCUT2D eigenvalue weighted by Crippen LogP contribution is -2.07. The molecular weight excluding hydrogens is 282 g/mol. The number of benzene rings is 1. The SMILES string of the molecule is CCC(Nc1cccc(Br)c1)c1cccs1. The Morgan fingerprint density at radius 3 is 2.81 bits per heavy atom. The molecule has 0 bridgehead atoms. The van der Waals surface area contributed by atoms with E-state index in [2.05, 4.69) is 57.8 Å². The van der Waals surface area contributed by atoms with Crippen LogP contribution in [0.5, 0.6) is 0 Å². The normalized spacial score (nSPS) is 12.4. The van der Waals surface area contributed by atoms with Crippen molar-refractivity contribution in [3.8, 4) is 0 Å². The first kappa shape index (κ1) is 11.7. The summed E-state index contributed by atoms with van der Waals surface area (Å²) in [6, 6.07) is 13.0. The van der Waals surface area contributed by atoms with E-state index in [9.17, 15) is 0 Å². The number of anilines is 1. The van der Waals surface area contributed by atoms with Crippen LogP contribution in [0, 0.1) is 0 Å². The Kier molecular flexibility index (Phi) is 4.02. The first-order valence-electron chi connectivity index (χ1n) is 5.35. The van der Waals surface area contributed by atoms with Gasteiger partial charge in [-0.3, -0.25) is 0 Å². The molecule has 1 heterocycles. The molecule has 0 spiro atoms. The maximum Gasteiger partial charge on any atom is 0.0604 e. The van der Waals surface area contributed by atoms with Crippen molar-refractivity contribution in [3.05, 3.63) is 51.1 Å². The quantitative estimate of drug-likeness (QED) is 0.830. The highest BCUT2D eigenvalue weighted by Crippen LogP contribution is 2.27. The standard InChI is InChI=1S/C13H14BrNS/c1-2-12(13-7-4-8-16-13)15-11-6-3-5-10(14)9-11/h3-9,12,15H,2H2,1H3. The highest BCUT2D eigenvalue weighted by molar-refractivity contribution is 9.10. The Labute approximate surface area is 109 Å². The molecule has 0 saturated carbocycles. The predicted octanol–water partition coefficient (Wildman–Crippen LogP) is 5.07. The molecule has 0 fully saturated rings. The van der Waals surface area contributed by atoms with E-state index < -0.39 is 0 Å². The molecule has 1 unspecified atom stereocenters. The summed E-state index contributed by atoms with van der Waals surface area (Å²) in [4.78, 5) is 1.39. The molecule has 0 amide bonds. The van der Waals surface area contributed by atoms with Gasteiger partial charge in [0.1, 0.15) is 0 Å². The average Bonchev–Trinajstić information content (AvgIpc) is 2.79. The van der Waals surface area contributed by atoms with Crippen LogP contribution in [0.25, 0.3) is 0 Å². The first-order valence-corrected chi connectivity index (χ1v) is 7.02. The van der Waals surface area contributed by atoms with Gasteiger partial charge < -0.3 is 5.32 Å².